The minimum absolute atomic E-state index is 0.139. The smallest absolute Gasteiger partial charge is 0.326 e. The second kappa shape index (κ2) is 10.3. The number of carboxylic acids is 1. The van der Waals surface area contributed by atoms with Crippen molar-refractivity contribution in [3.05, 3.63) is 35.9 Å². The number of carboxylic acid groups (broad SMARTS) is 1. The summed E-state index contributed by atoms with van der Waals surface area (Å²) in [5, 5.41) is 19.5. The van der Waals surface area contributed by atoms with E-state index in [9.17, 15) is 24.3 Å². The SMILES string of the molecule is O=C(CNC(=O)[C@@H]1CCCN1)NCC(=O)N[C@@H](Cc1ccccc1)C(=O)O. The lowest BCUT2D eigenvalue weighted by molar-refractivity contribution is -0.141. The van der Waals surface area contributed by atoms with Crippen LogP contribution in [0.15, 0.2) is 30.3 Å². The van der Waals surface area contributed by atoms with E-state index in [0.717, 1.165) is 24.9 Å². The van der Waals surface area contributed by atoms with Crippen molar-refractivity contribution in [2.24, 2.45) is 0 Å². The number of rotatable bonds is 9. The van der Waals surface area contributed by atoms with E-state index in [1.165, 1.54) is 0 Å². The summed E-state index contributed by atoms with van der Waals surface area (Å²) in [5.74, 6) is -2.54. The number of nitrogens with one attached hydrogen (secondary N) is 4. The van der Waals surface area contributed by atoms with E-state index in [-0.39, 0.29) is 31.5 Å². The first-order valence-electron chi connectivity index (χ1n) is 8.79. The van der Waals surface area contributed by atoms with Crippen LogP contribution in [0.25, 0.3) is 0 Å². The maximum Gasteiger partial charge on any atom is 0.326 e. The fourth-order valence-electron chi connectivity index (χ4n) is 2.74. The first-order valence-corrected chi connectivity index (χ1v) is 8.79. The quantitative estimate of drug-likeness (QED) is 0.367. The van der Waals surface area contributed by atoms with E-state index in [1.807, 2.05) is 6.07 Å². The number of hydrogen-bond acceptors (Lipinski definition) is 5. The molecule has 9 nitrogen and oxygen atoms in total. The highest BCUT2D eigenvalue weighted by molar-refractivity contribution is 5.90. The van der Waals surface area contributed by atoms with Crippen LogP contribution in [0.4, 0.5) is 0 Å². The second-order valence-corrected chi connectivity index (χ2v) is 6.29. The molecule has 3 amide bonds. The van der Waals surface area contributed by atoms with E-state index < -0.39 is 23.8 Å². The van der Waals surface area contributed by atoms with Crippen molar-refractivity contribution in [2.75, 3.05) is 19.6 Å². The number of hydrogen-bond donors (Lipinski definition) is 5. The van der Waals surface area contributed by atoms with Gasteiger partial charge in [-0.2, -0.15) is 0 Å². The second-order valence-electron chi connectivity index (χ2n) is 6.29. The number of benzene rings is 1. The fourth-order valence-corrected chi connectivity index (χ4v) is 2.74. The molecule has 0 spiro atoms. The van der Waals surface area contributed by atoms with Crippen LogP contribution in [-0.2, 0) is 25.6 Å². The van der Waals surface area contributed by atoms with Gasteiger partial charge in [-0.15, -0.1) is 0 Å². The molecule has 9 heteroatoms. The van der Waals surface area contributed by atoms with Crippen LogP contribution in [0.2, 0.25) is 0 Å². The summed E-state index contributed by atoms with van der Waals surface area (Å²) in [7, 11) is 0. The van der Waals surface area contributed by atoms with Gasteiger partial charge in [-0.3, -0.25) is 14.4 Å². The standard InChI is InChI=1S/C18H24N4O5/c23-15(10-21-17(25)13-7-4-8-19-13)20-11-16(24)22-14(18(26)27)9-12-5-2-1-3-6-12/h1-3,5-6,13-14,19H,4,7-11H2,(H,20,23)(H,21,25)(H,22,24)(H,26,27)/t13-,14-/m0/s1. The Morgan fingerprint density at radius 3 is 2.41 bits per heavy atom. The first kappa shape index (κ1) is 20.4. The summed E-state index contributed by atoms with van der Waals surface area (Å²) in [6, 6.07) is 7.55. The van der Waals surface area contributed by atoms with Crippen LogP contribution in [-0.4, -0.2) is 60.5 Å². The number of carbonyl (C=O) groups is 4. The third-order valence-corrected chi connectivity index (χ3v) is 4.16. The third kappa shape index (κ3) is 7.06. The van der Waals surface area contributed by atoms with E-state index >= 15 is 0 Å². The minimum Gasteiger partial charge on any atom is -0.480 e. The van der Waals surface area contributed by atoms with Crippen LogP contribution in [0, 0.1) is 0 Å². The Hall–Kier alpha value is -2.94. The molecule has 1 heterocycles. The molecule has 1 fully saturated rings. The van der Waals surface area contributed by atoms with Crippen molar-refractivity contribution < 1.29 is 24.3 Å². The molecule has 1 aromatic carbocycles. The van der Waals surface area contributed by atoms with Gasteiger partial charge in [0.05, 0.1) is 19.1 Å². The highest BCUT2D eigenvalue weighted by Crippen LogP contribution is 2.04. The van der Waals surface area contributed by atoms with E-state index in [4.69, 9.17) is 0 Å². The van der Waals surface area contributed by atoms with Crippen LogP contribution in [0.3, 0.4) is 0 Å². The van der Waals surface area contributed by atoms with Crippen molar-refractivity contribution in [1.82, 2.24) is 21.3 Å². The average Bonchev–Trinajstić information content (AvgIpc) is 3.19. The van der Waals surface area contributed by atoms with Gasteiger partial charge < -0.3 is 26.4 Å². The third-order valence-electron chi connectivity index (χ3n) is 4.16. The minimum atomic E-state index is -1.16. The van der Waals surface area contributed by atoms with E-state index in [2.05, 4.69) is 21.3 Å². The average molecular weight is 376 g/mol. The summed E-state index contributed by atoms with van der Waals surface area (Å²) in [6.45, 7) is 0.170. The predicted molar refractivity (Wildman–Crippen MR) is 96.8 cm³/mol. The Bertz CT molecular complexity index is 674. The monoisotopic (exact) mass is 376 g/mol. The van der Waals surface area contributed by atoms with Gasteiger partial charge in [0.1, 0.15) is 6.04 Å². The molecule has 146 valence electrons. The van der Waals surface area contributed by atoms with Gasteiger partial charge in [0.2, 0.25) is 17.7 Å². The van der Waals surface area contributed by atoms with Crippen molar-refractivity contribution in [2.45, 2.75) is 31.3 Å². The molecule has 0 saturated carbocycles. The lowest BCUT2D eigenvalue weighted by Gasteiger charge is -2.15. The molecule has 0 aromatic heterocycles. The Balaban J connectivity index is 1.70. The Kier molecular flexibility index (Phi) is 7.75. The first-order chi connectivity index (χ1) is 13.0. The van der Waals surface area contributed by atoms with Gasteiger partial charge >= 0.3 is 5.97 Å². The highest BCUT2D eigenvalue weighted by atomic mass is 16.4. The molecule has 1 aromatic rings. The molecule has 0 bridgehead atoms. The van der Waals surface area contributed by atoms with Crippen LogP contribution in [0.1, 0.15) is 18.4 Å². The van der Waals surface area contributed by atoms with Crippen molar-refractivity contribution in [1.29, 1.82) is 0 Å². The van der Waals surface area contributed by atoms with Gasteiger partial charge in [-0.25, -0.2) is 4.79 Å². The number of carbonyl (C=O) groups excluding carboxylic acids is 3. The molecule has 1 aliphatic heterocycles. The Morgan fingerprint density at radius 1 is 1.07 bits per heavy atom. The van der Waals surface area contributed by atoms with Crippen molar-refractivity contribution in [3.63, 3.8) is 0 Å². The molecule has 0 aliphatic carbocycles. The number of aliphatic carboxylic acids is 1. The Labute approximate surface area is 156 Å². The van der Waals surface area contributed by atoms with Gasteiger partial charge in [0, 0.05) is 6.42 Å². The van der Waals surface area contributed by atoms with Crippen LogP contribution in [0.5, 0.6) is 0 Å². The van der Waals surface area contributed by atoms with Gasteiger partial charge in [-0.1, -0.05) is 30.3 Å². The summed E-state index contributed by atoms with van der Waals surface area (Å²) in [5.41, 5.74) is 0.775. The lowest BCUT2D eigenvalue weighted by Crippen LogP contribution is -2.49. The fraction of sp³-hybridized carbons (Fsp3) is 0.444. The molecule has 1 aliphatic rings. The summed E-state index contributed by atoms with van der Waals surface area (Å²) in [6.07, 6.45) is 1.78. The summed E-state index contributed by atoms with van der Waals surface area (Å²) < 4.78 is 0. The molecular weight excluding hydrogens is 352 g/mol. The van der Waals surface area contributed by atoms with E-state index in [1.54, 1.807) is 24.3 Å². The molecule has 27 heavy (non-hydrogen) atoms. The zero-order chi connectivity index (χ0) is 19.6. The zero-order valence-corrected chi connectivity index (χ0v) is 14.9. The molecule has 2 rings (SSSR count). The molecule has 2 atom stereocenters. The molecular formula is C18H24N4O5. The maximum absolute atomic E-state index is 11.9. The number of amides is 3. The van der Waals surface area contributed by atoms with Gasteiger partial charge in [-0.05, 0) is 24.9 Å². The zero-order valence-electron chi connectivity index (χ0n) is 14.9. The summed E-state index contributed by atoms with van der Waals surface area (Å²) in [4.78, 5) is 46.8. The topological polar surface area (TPSA) is 137 Å². The van der Waals surface area contributed by atoms with Crippen LogP contribution < -0.4 is 21.3 Å². The predicted octanol–water partition coefficient (Wildman–Crippen LogP) is -1.22. The van der Waals surface area contributed by atoms with Gasteiger partial charge in [0.25, 0.3) is 0 Å². The molecule has 0 radical (unpaired) electrons. The molecule has 1 saturated heterocycles. The highest BCUT2D eigenvalue weighted by Gasteiger charge is 2.23. The normalized spacial score (nSPS) is 17.0. The molecule has 5 N–H and O–H groups in total. The van der Waals surface area contributed by atoms with Gasteiger partial charge in [0.15, 0.2) is 0 Å². The summed E-state index contributed by atoms with van der Waals surface area (Å²) >= 11 is 0. The van der Waals surface area contributed by atoms with Crippen molar-refractivity contribution >= 4 is 23.7 Å². The molecule has 0 unspecified atom stereocenters. The Morgan fingerprint density at radius 2 is 1.78 bits per heavy atom. The lowest BCUT2D eigenvalue weighted by atomic mass is 10.1. The van der Waals surface area contributed by atoms with Crippen LogP contribution >= 0.6 is 0 Å². The van der Waals surface area contributed by atoms with E-state index in [0.29, 0.717) is 0 Å². The van der Waals surface area contributed by atoms with Crippen molar-refractivity contribution in [3.8, 4) is 0 Å². The largest absolute Gasteiger partial charge is 0.480 e. The maximum atomic E-state index is 11.9.